The van der Waals surface area contributed by atoms with E-state index in [0.717, 1.165) is 17.0 Å². The molecule has 0 unspecified atom stereocenters. The van der Waals surface area contributed by atoms with E-state index in [1.165, 1.54) is 5.56 Å². The van der Waals surface area contributed by atoms with Crippen molar-refractivity contribution in [2.24, 2.45) is 0 Å². The number of benzene rings is 1. The molecule has 100 valence electrons. The highest BCUT2D eigenvalue weighted by atomic mass is 35.5. The van der Waals surface area contributed by atoms with Gasteiger partial charge in [-0.1, -0.05) is 53.0 Å². The summed E-state index contributed by atoms with van der Waals surface area (Å²) < 4.78 is 5.75. The molecule has 1 aromatic heterocycles. The average Bonchev–Trinajstić information content (AvgIpc) is 2.38. The lowest BCUT2D eigenvalue weighted by Crippen LogP contribution is -2.00. The minimum Gasteiger partial charge on any atom is -0.486 e. The third-order valence-electron chi connectivity index (χ3n) is 2.87. The molecule has 0 fully saturated rings. The molecule has 0 amide bonds. The van der Waals surface area contributed by atoms with Crippen LogP contribution in [0.3, 0.4) is 0 Å². The minimum atomic E-state index is 0.433. The van der Waals surface area contributed by atoms with Crippen molar-refractivity contribution < 1.29 is 4.74 Å². The van der Waals surface area contributed by atoms with E-state index in [2.05, 4.69) is 4.98 Å². The number of halogens is 2. The number of nitrogens with zero attached hydrogens (tertiary/aromatic N) is 1. The fourth-order valence-corrected chi connectivity index (χ4v) is 2.17. The molecular weight excluding hydrogens is 281 g/mol. The van der Waals surface area contributed by atoms with Crippen LogP contribution in [0, 0.1) is 20.8 Å². The Labute approximate surface area is 123 Å². The molecule has 2 aromatic rings. The predicted molar refractivity (Wildman–Crippen MR) is 79.2 cm³/mol. The van der Waals surface area contributed by atoms with E-state index in [1.807, 2.05) is 45.0 Å². The first-order valence-corrected chi connectivity index (χ1v) is 6.75. The number of pyridine rings is 1. The zero-order chi connectivity index (χ0) is 14.0. The highest BCUT2D eigenvalue weighted by Crippen LogP contribution is 2.36. The topological polar surface area (TPSA) is 22.1 Å². The number of ether oxygens (including phenoxy) is 1. The van der Waals surface area contributed by atoms with E-state index in [0.29, 0.717) is 22.4 Å². The second kappa shape index (κ2) is 5.81. The van der Waals surface area contributed by atoms with E-state index in [1.54, 1.807) is 0 Å². The zero-order valence-electron chi connectivity index (χ0n) is 11.1. The Kier molecular flexibility index (Phi) is 4.33. The van der Waals surface area contributed by atoms with Crippen LogP contribution in [0.15, 0.2) is 24.3 Å². The minimum absolute atomic E-state index is 0.433. The van der Waals surface area contributed by atoms with E-state index in [-0.39, 0.29) is 0 Å². The standard InChI is InChI=1S/C15H15Cl2NO/c1-9-4-6-12(7-5-9)8-19-15-13(16)10(2)18-11(3)14(15)17/h4-7H,8H2,1-3H3. The SMILES string of the molecule is Cc1ccc(COc2c(Cl)c(C)nc(C)c2Cl)cc1. The van der Waals surface area contributed by atoms with Gasteiger partial charge >= 0.3 is 0 Å². The van der Waals surface area contributed by atoms with Gasteiger partial charge in [0.1, 0.15) is 16.7 Å². The number of hydrogen-bond acceptors (Lipinski definition) is 2. The summed E-state index contributed by atoms with van der Waals surface area (Å²) in [6.45, 7) is 6.16. The Hall–Kier alpha value is -1.25. The number of aryl methyl sites for hydroxylation is 3. The molecule has 2 rings (SSSR count). The highest BCUT2D eigenvalue weighted by Gasteiger charge is 2.14. The summed E-state index contributed by atoms with van der Waals surface area (Å²) in [6, 6.07) is 8.14. The van der Waals surface area contributed by atoms with Crippen molar-refractivity contribution in [1.82, 2.24) is 4.98 Å². The molecule has 0 aliphatic heterocycles. The van der Waals surface area contributed by atoms with Crippen molar-refractivity contribution >= 4 is 23.2 Å². The maximum absolute atomic E-state index is 6.19. The van der Waals surface area contributed by atoms with Crippen molar-refractivity contribution in [3.05, 3.63) is 56.8 Å². The van der Waals surface area contributed by atoms with Crippen molar-refractivity contribution in [1.29, 1.82) is 0 Å². The lowest BCUT2D eigenvalue weighted by molar-refractivity contribution is 0.306. The number of hydrogen-bond donors (Lipinski definition) is 0. The molecule has 1 aromatic carbocycles. The maximum atomic E-state index is 6.19. The largest absolute Gasteiger partial charge is 0.486 e. The molecule has 1 heterocycles. The normalized spacial score (nSPS) is 10.6. The lowest BCUT2D eigenvalue weighted by Gasteiger charge is -2.13. The third-order valence-corrected chi connectivity index (χ3v) is 3.76. The fraction of sp³-hybridized carbons (Fsp3) is 0.267. The molecule has 19 heavy (non-hydrogen) atoms. The predicted octanol–water partition coefficient (Wildman–Crippen LogP) is 4.89. The van der Waals surface area contributed by atoms with Gasteiger partial charge in [-0.15, -0.1) is 0 Å². The Morgan fingerprint density at radius 2 is 1.47 bits per heavy atom. The smallest absolute Gasteiger partial charge is 0.160 e. The van der Waals surface area contributed by atoms with Gasteiger partial charge in [0.15, 0.2) is 5.75 Å². The summed E-state index contributed by atoms with van der Waals surface area (Å²) in [5, 5.41) is 0.949. The van der Waals surface area contributed by atoms with Crippen LogP contribution in [0.2, 0.25) is 10.0 Å². The number of rotatable bonds is 3. The van der Waals surface area contributed by atoms with Crippen LogP contribution in [-0.2, 0) is 6.61 Å². The van der Waals surface area contributed by atoms with E-state index < -0.39 is 0 Å². The van der Waals surface area contributed by atoms with Gasteiger partial charge in [0, 0.05) is 0 Å². The van der Waals surface area contributed by atoms with Crippen LogP contribution >= 0.6 is 23.2 Å². The Morgan fingerprint density at radius 3 is 2.00 bits per heavy atom. The molecule has 0 N–H and O–H groups in total. The van der Waals surface area contributed by atoms with Crippen molar-refractivity contribution in [3.63, 3.8) is 0 Å². The molecule has 0 saturated carbocycles. The second-order valence-corrected chi connectivity index (χ2v) is 5.27. The van der Waals surface area contributed by atoms with Gasteiger partial charge in [0.2, 0.25) is 0 Å². The van der Waals surface area contributed by atoms with Crippen LogP contribution in [0.25, 0.3) is 0 Å². The van der Waals surface area contributed by atoms with Crippen LogP contribution in [0.5, 0.6) is 5.75 Å². The molecule has 0 radical (unpaired) electrons. The first kappa shape index (κ1) is 14.2. The summed E-state index contributed by atoms with van der Waals surface area (Å²) in [4.78, 5) is 4.26. The molecule has 0 saturated heterocycles. The van der Waals surface area contributed by atoms with Gasteiger partial charge in [0.25, 0.3) is 0 Å². The molecule has 0 spiro atoms. The van der Waals surface area contributed by atoms with E-state index in [9.17, 15) is 0 Å². The molecule has 4 heteroatoms. The van der Waals surface area contributed by atoms with Gasteiger partial charge in [-0.05, 0) is 26.3 Å². The molecule has 0 bridgehead atoms. The summed E-state index contributed by atoms with van der Waals surface area (Å²) in [5.74, 6) is 0.508. The summed E-state index contributed by atoms with van der Waals surface area (Å²) in [6.07, 6.45) is 0. The molecule has 0 aliphatic carbocycles. The van der Waals surface area contributed by atoms with Gasteiger partial charge in [-0.3, -0.25) is 4.98 Å². The Bertz CT molecular complexity index is 568. The zero-order valence-corrected chi connectivity index (χ0v) is 12.6. The van der Waals surface area contributed by atoms with Crippen molar-refractivity contribution in [2.45, 2.75) is 27.4 Å². The highest BCUT2D eigenvalue weighted by molar-refractivity contribution is 6.37. The van der Waals surface area contributed by atoms with E-state index >= 15 is 0 Å². The molecule has 2 nitrogen and oxygen atoms in total. The van der Waals surface area contributed by atoms with Gasteiger partial charge in [0.05, 0.1) is 11.4 Å². The fourth-order valence-electron chi connectivity index (χ4n) is 1.74. The van der Waals surface area contributed by atoms with Gasteiger partial charge in [-0.2, -0.15) is 0 Å². The van der Waals surface area contributed by atoms with Crippen LogP contribution < -0.4 is 4.74 Å². The molecule has 0 aliphatic rings. The van der Waals surface area contributed by atoms with Crippen LogP contribution in [0.1, 0.15) is 22.5 Å². The number of aromatic nitrogens is 1. The quantitative estimate of drug-likeness (QED) is 0.804. The third kappa shape index (κ3) is 3.20. The van der Waals surface area contributed by atoms with Gasteiger partial charge in [-0.25, -0.2) is 0 Å². The Morgan fingerprint density at radius 1 is 0.947 bits per heavy atom. The lowest BCUT2D eigenvalue weighted by atomic mass is 10.2. The Balaban J connectivity index is 2.22. The first-order valence-electron chi connectivity index (χ1n) is 5.99. The van der Waals surface area contributed by atoms with Gasteiger partial charge < -0.3 is 4.74 Å². The van der Waals surface area contributed by atoms with Crippen LogP contribution in [0.4, 0.5) is 0 Å². The van der Waals surface area contributed by atoms with Crippen LogP contribution in [-0.4, -0.2) is 4.98 Å². The maximum Gasteiger partial charge on any atom is 0.160 e. The monoisotopic (exact) mass is 295 g/mol. The average molecular weight is 296 g/mol. The molecular formula is C15H15Cl2NO. The first-order chi connectivity index (χ1) is 8.99. The van der Waals surface area contributed by atoms with Crippen molar-refractivity contribution in [3.8, 4) is 5.75 Å². The van der Waals surface area contributed by atoms with E-state index in [4.69, 9.17) is 27.9 Å². The summed E-state index contributed by atoms with van der Waals surface area (Å²) >= 11 is 12.4. The molecule has 0 atom stereocenters. The second-order valence-electron chi connectivity index (χ2n) is 4.51. The summed E-state index contributed by atoms with van der Waals surface area (Å²) in [7, 11) is 0. The van der Waals surface area contributed by atoms with Crippen molar-refractivity contribution in [2.75, 3.05) is 0 Å². The summed E-state index contributed by atoms with van der Waals surface area (Å²) in [5.41, 5.74) is 3.74.